The van der Waals surface area contributed by atoms with Gasteiger partial charge in [-0.15, -0.1) is 0 Å². The fraction of sp³-hybridized carbons (Fsp3) is 0.0625. The number of benzene rings is 1. The van der Waals surface area contributed by atoms with Crippen molar-refractivity contribution < 1.29 is 14.2 Å². The Morgan fingerprint density at radius 2 is 1.57 bits per heavy atom. The van der Waals surface area contributed by atoms with Gasteiger partial charge in [-0.25, -0.2) is 4.57 Å². The molecule has 0 bridgehead atoms. The third-order valence-electron chi connectivity index (χ3n) is 4.27. The van der Waals surface area contributed by atoms with Gasteiger partial charge in [-0.05, 0) is 0 Å². The monoisotopic (exact) mass is 458 g/mol. The number of aryl methyl sites for hydroxylation is 1. The number of carbonyl (C=O) groups excluding carboxylic acids is 2. The number of aromatic amines is 1. The van der Waals surface area contributed by atoms with Crippen LogP contribution < -0.4 is 15.0 Å². The molecule has 2 aromatic heterocycles. The lowest BCUT2D eigenvalue weighted by atomic mass is 10.1. The predicted octanol–water partition coefficient (Wildman–Crippen LogP) is 3.06. The van der Waals surface area contributed by atoms with Crippen molar-refractivity contribution in [1.29, 1.82) is 0 Å². The Hall–Kier alpha value is -2.39. The van der Waals surface area contributed by atoms with E-state index in [1.165, 1.54) is 15.3 Å². The van der Waals surface area contributed by atoms with Crippen LogP contribution in [0, 0.1) is 0 Å². The number of nitrogens with one attached hydrogen (secondary N) is 1. The minimum absolute atomic E-state index is 0.153. The second-order valence-electron chi connectivity index (χ2n) is 5.83. The van der Waals surface area contributed by atoms with Crippen molar-refractivity contribution >= 4 is 81.5 Å². The van der Waals surface area contributed by atoms with Gasteiger partial charge in [-0.1, -0.05) is 58.0 Å². The van der Waals surface area contributed by atoms with Gasteiger partial charge in [0.05, 0.1) is 44.5 Å². The molecular formula is C16H8Cl4N5O3+. The van der Waals surface area contributed by atoms with E-state index in [-0.39, 0.29) is 48.3 Å². The molecule has 1 aliphatic heterocycles. The zero-order valence-corrected chi connectivity index (χ0v) is 16.9. The van der Waals surface area contributed by atoms with Crippen LogP contribution in [0.4, 0.5) is 5.95 Å². The van der Waals surface area contributed by atoms with E-state index in [2.05, 4.69) is 16.5 Å². The average molecular weight is 460 g/mol. The molecule has 2 amide bonds. The fourth-order valence-corrected chi connectivity index (χ4v) is 4.04. The Morgan fingerprint density at radius 1 is 1.04 bits per heavy atom. The van der Waals surface area contributed by atoms with Gasteiger partial charge in [-0.2, -0.15) is 4.90 Å². The third-order valence-corrected chi connectivity index (χ3v) is 6.07. The first kappa shape index (κ1) is 18.9. The Labute approximate surface area is 176 Å². The standard InChI is InChI=1S/C16H7Cl4N5O3/c1-3-24-4-23(2)11-12(24)21-16(22-13(11)26)25-14(27)5-6(15(25)28)8(18)10(20)9(19)7(5)17/h3-4H,1H2,2H3/p+1. The topological polar surface area (TPSA) is 91.9 Å². The zero-order valence-electron chi connectivity index (χ0n) is 13.9. The first-order valence-electron chi connectivity index (χ1n) is 7.56. The number of amides is 2. The number of fused-ring (bicyclic) bond motifs is 2. The van der Waals surface area contributed by atoms with Crippen molar-refractivity contribution in [2.75, 3.05) is 4.90 Å². The molecule has 3 aromatic rings. The molecule has 8 nitrogen and oxygen atoms in total. The van der Waals surface area contributed by atoms with Gasteiger partial charge in [-0.3, -0.25) is 23.9 Å². The Balaban J connectivity index is 1.99. The average Bonchev–Trinajstić information content (AvgIpc) is 3.11. The molecule has 1 N–H and O–H groups in total. The molecule has 12 heteroatoms. The number of rotatable bonds is 2. The van der Waals surface area contributed by atoms with Gasteiger partial charge in [0.1, 0.15) is 0 Å². The predicted molar refractivity (Wildman–Crippen MR) is 106 cm³/mol. The molecular weight excluding hydrogens is 452 g/mol. The summed E-state index contributed by atoms with van der Waals surface area (Å²) in [6.45, 7) is 3.64. The molecule has 0 radical (unpaired) electrons. The minimum Gasteiger partial charge on any atom is -0.274 e. The molecule has 4 rings (SSSR count). The summed E-state index contributed by atoms with van der Waals surface area (Å²) in [5, 5.41) is -0.730. The van der Waals surface area contributed by atoms with Gasteiger partial charge in [0.2, 0.25) is 5.52 Å². The number of anilines is 1. The van der Waals surface area contributed by atoms with Crippen LogP contribution >= 0.6 is 46.4 Å². The van der Waals surface area contributed by atoms with Crippen LogP contribution in [-0.4, -0.2) is 26.3 Å². The molecule has 3 heterocycles. The SMILES string of the molecule is C=C[n+]1cn(C)c2c(=O)[nH]c(N3C(=O)c4c(Cl)c(Cl)c(Cl)c(Cl)c4C3=O)nc21. The number of imidazole rings is 1. The lowest BCUT2D eigenvalue weighted by Gasteiger charge is -2.08. The number of hydrogen-bond donors (Lipinski definition) is 1. The van der Waals surface area contributed by atoms with Crippen molar-refractivity contribution in [3.05, 3.63) is 54.5 Å². The van der Waals surface area contributed by atoms with Crippen molar-refractivity contribution in [3.8, 4) is 0 Å². The zero-order chi connectivity index (χ0) is 20.5. The van der Waals surface area contributed by atoms with E-state index < -0.39 is 17.4 Å². The summed E-state index contributed by atoms with van der Waals surface area (Å²) in [5.74, 6) is -1.98. The van der Waals surface area contributed by atoms with Crippen molar-refractivity contribution in [2.45, 2.75) is 0 Å². The molecule has 0 atom stereocenters. The molecule has 1 aromatic carbocycles. The smallest absolute Gasteiger partial charge is 0.274 e. The molecule has 142 valence electrons. The highest BCUT2D eigenvalue weighted by molar-refractivity contribution is 6.56. The molecule has 0 unspecified atom stereocenters. The van der Waals surface area contributed by atoms with Crippen LogP contribution in [-0.2, 0) is 7.05 Å². The van der Waals surface area contributed by atoms with E-state index in [0.29, 0.717) is 4.90 Å². The van der Waals surface area contributed by atoms with Crippen molar-refractivity contribution in [2.24, 2.45) is 7.05 Å². The lowest BCUT2D eigenvalue weighted by molar-refractivity contribution is -0.541. The highest BCUT2D eigenvalue weighted by Crippen LogP contribution is 2.45. The summed E-state index contributed by atoms with van der Waals surface area (Å²) >= 11 is 24.2. The van der Waals surface area contributed by atoms with E-state index in [1.807, 2.05) is 0 Å². The van der Waals surface area contributed by atoms with E-state index in [0.717, 1.165) is 0 Å². The largest absolute Gasteiger partial charge is 0.316 e. The number of carbonyl (C=O) groups is 2. The van der Waals surface area contributed by atoms with Gasteiger partial charge < -0.3 is 0 Å². The number of hydrogen-bond acceptors (Lipinski definition) is 4. The summed E-state index contributed by atoms with van der Waals surface area (Å²) in [4.78, 5) is 45.7. The van der Waals surface area contributed by atoms with E-state index in [4.69, 9.17) is 46.4 Å². The Morgan fingerprint density at radius 3 is 2.07 bits per heavy atom. The van der Waals surface area contributed by atoms with Crippen LogP contribution in [0.5, 0.6) is 0 Å². The summed E-state index contributed by atoms with van der Waals surface area (Å²) in [7, 11) is 1.64. The highest BCUT2D eigenvalue weighted by Gasteiger charge is 2.45. The number of nitrogens with zero attached hydrogens (tertiary/aromatic N) is 4. The third kappa shape index (κ3) is 2.35. The van der Waals surface area contributed by atoms with E-state index in [9.17, 15) is 14.4 Å². The second kappa shape index (κ2) is 6.31. The van der Waals surface area contributed by atoms with Crippen LogP contribution in [0.1, 0.15) is 20.7 Å². The maximum atomic E-state index is 12.9. The van der Waals surface area contributed by atoms with E-state index >= 15 is 0 Å². The number of aromatic nitrogens is 4. The van der Waals surface area contributed by atoms with Crippen molar-refractivity contribution in [1.82, 2.24) is 14.5 Å². The van der Waals surface area contributed by atoms with Crippen LogP contribution in [0.2, 0.25) is 20.1 Å². The first-order chi connectivity index (χ1) is 13.2. The molecule has 0 spiro atoms. The number of H-pyrrole nitrogens is 1. The van der Waals surface area contributed by atoms with Crippen LogP contribution in [0.25, 0.3) is 17.4 Å². The maximum absolute atomic E-state index is 12.9. The normalized spacial score (nSPS) is 13.5. The summed E-state index contributed by atoms with van der Waals surface area (Å²) < 4.78 is 3.00. The van der Waals surface area contributed by atoms with E-state index in [1.54, 1.807) is 13.4 Å². The quantitative estimate of drug-likeness (QED) is 0.276. The summed E-state index contributed by atoms with van der Waals surface area (Å²) in [5.41, 5.74) is -0.562. The minimum atomic E-state index is -0.839. The molecule has 1 aliphatic rings. The molecule has 0 saturated heterocycles. The molecule has 0 aliphatic carbocycles. The van der Waals surface area contributed by atoms with Gasteiger partial charge in [0.15, 0.2) is 6.33 Å². The molecule has 0 fully saturated rings. The maximum Gasteiger partial charge on any atom is 0.316 e. The number of halogens is 4. The Kier molecular flexibility index (Phi) is 4.27. The lowest BCUT2D eigenvalue weighted by Crippen LogP contribution is -2.34. The number of imide groups is 1. The molecule has 0 saturated carbocycles. The molecule has 28 heavy (non-hydrogen) atoms. The first-order valence-corrected chi connectivity index (χ1v) is 9.08. The summed E-state index contributed by atoms with van der Waals surface area (Å²) in [6.07, 6.45) is 2.99. The van der Waals surface area contributed by atoms with Crippen LogP contribution in [0.15, 0.2) is 17.7 Å². The highest BCUT2D eigenvalue weighted by atomic mass is 35.5. The Bertz CT molecular complexity index is 1260. The second-order valence-corrected chi connectivity index (χ2v) is 7.34. The van der Waals surface area contributed by atoms with Gasteiger partial charge in [0, 0.05) is 0 Å². The van der Waals surface area contributed by atoms with Gasteiger partial charge >= 0.3 is 5.65 Å². The fourth-order valence-electron chi connectivity index (χ4n) is 3.02. The summed E-state index contributed by atoms with van der Waals surface area (Å²) in [6, 6.07) is 0. The van der Waals surface area contributed by atoms with Crippen LogP contribution in [0.3, 0.4) is 0 Å². The van der Waals surface area contributed by atoms with Crippen molar-refractivity contribution in [3.63, 3.8) is 0 Å². The van der Waals surface area contributed by atoms with Gasteiger partial charge in [0.25, 0.3) is 23.3 Å².